The highest BCUT2D eigenvalue weighted by Gasteiger charge is 2.13. The first-order valence-electron chi connectivity index (χ1n) is 8.58. The molecule has 0 heterocycles. The van der Waals surface area contributed by atoms with Crippen molar-refractivity contribution in [3.63, 3.8) is 0 Å². The van der Waals surface area contributed by atoms with E-state index in [2.05, 4.69) is 5.32 Å². The Labute approximate surface area is 139 Å². The third-order valence-electron chi connectivity index (χ3n) is 4.07. The lowest BCUT2D eigenvalue weighted by molar-refractivity contribution is 0.0993. The molecule has 1 saturated carbocycles. The van der Waals surface area contributed by atoms with Crippen molar-refractivity contribution < 1.29 is 14.2 Å². The molecule has 0 amide bonds. The predicted molar refractivity (Wildman–Crippen MR) is 94.3 cm³/mol. The summed E-state index contributed by atoms with van der Waals surface area (Å²) in [4.78, 5) is 0. The molecule has 1 aliphatic rings. The zero-order valence-electron chi connectivity index (χ0n) is 14.3. The first-order chi connectivity index (χ1) is 11.3. The molecule has 0 saturated heterocycles. The maximum absolute atomic E-state index is 5.75. The van der Waals surface area contributed by atoms with Gasteiger partial charge in [-0.2, -0.15) is 0 Å². The van der Waals surface area contributed by atoms with Crippen LogP contribution in [-0.2, 0) is 4.74 Å². The lowest BCUT2D eigenvalue weighted by atomic mass is 10.2. The van der Waals surface area contributed by atoms with E-state index < -0.39 is 0 Å². The number of allylic oxidation sites excluding steroid dienone is 1. The van der Waals surface area contributed by atoms with E-state index in [1.54, 1.807) is 7.11 Å². The van der Waals surface area contributed by atoms with Gasteiger partial charge in [0.15, 0.2) is 11.5 Å². The Bertz CT molecular complexity index is 482. The minimum Gasteiger partial charge on any atom is -0.493 e. The van der Waals surface area contributed by atoms with Gasteiger partial charge in [0.2, 0.25) is 0 Å². The number of hydrogen-bond donors (Lipinski definition) is 1. The van der Waals surface area contributed by atoms with Gasteiger partial charge in [-0.1, -0.05) is 31.1 Å². The van der Waals surface area contributed by atoms with Gasteiger partial charge in [-0.15, -0.1) is 0 Å². The molecular weight excluding hydrogens is 290 g/mol. The van der Waals surface area contributed by atoms with Crippen LogP contribution in [0.5, 0.6) is 11.5 Å². The Morgan fingerprint density at radius 1 is 1.13 bits per heavy atom. The summed E-state index contributed by atoms with van der Waals surface area (Å²) in [5.74, 6) is 1.51. The zero-order valence-corrected chi connectivity index (χ0v) is 14.3. The van der Waals surface area contributed by atoms with E-state index in [9.17, 15) is 0 Å². The van der Waals surface area contributed by atoms with Crippen molar-refractivity contribution in [2.24, 2.45) is 0 Å². The molecule has 0 unspecified atom stereocenters. The largest absolute Gasteiger partial charge is 0.493 e. The Hall–Kier alpha value is -1.52. The van der Waals surface area contributed by atoms with Crippen molar-refractivity contribution in [3.8, 4) is 11.5 Å². The van der Waals surface area contributed by atoms with Crippen molar-refractivity contribution in [2.45, 2.75) is 38.6 Å². The molecule has 1 aromatic carbocycles. The molecule has 0 aromatic heterocycles. The first kappa shape index (κ1) is 17.8. The molecule has 0 atom stereocenters. The molecule has 1 N–H and O–H groups in total. The molecule has 0 aliphatic heterocycles. The van der Waals surface area contributed by atoms with Crippen molar-refractivity contribution in [1.29, 1.82) is 0 Å². The monoisotopic (exact) mass is 319 g/mol. The molecule has 0 bridgehead atoms. The average molecular weight is 319 g/mol. The molecular formula is C19H29NO3. The minimum atomic E-state index is 0.531. The van der Waals surface area contributed by atoms with Crippen molar-refractivity contribution in [2.75, 3.05) is 33.5 Å². The van der Waals surface area contributed by atoms with Crippen LogP contribution >= 0.6 is 0 Å². The SMILES string of the molecule is C/C=C/c1ccc(OCCOCCNC2CCCC2)c(OC)c1. The number of ether oxygens (including phenoxy) is 3. The summed E-state index contributed by atoms with van der Waals surface area (Å²) >= 11 is 0. The summed E-state index contributed by atoms with van der Waals surface area (Å²) in [6.45, 7) is 4.77. The van der Waals surface area contributed by atoms with Crippen LogP contribution in [0, 0.1) is 0 Å². The number of nitrogens with one attached hydrogen (secondary N) is 1. The van der Waals surface area contributed by atoms with E-state index >= 15 is 0 Å². The summed E-state index contributed by atoms with van der Waals surface area (Å²) in [5.41, 5.74) is 1.10. The molecule has 128 valence electrons. The van der Waals surface area contributed by atoms with Gasteiger partial charge in [0.25, 0.3) is 0 Å². The molecule has 1 fully saturated rings. The van der Waals surface area contributed by atoms with Crippen LogP contribution in [0.3, 0.4) is 0 Å². The second-order valence-corrected chi connectivity index (χ2v) is 5.81. The van der Waals surface area contributed by atoms with Gasteiger partial charge in [0, 0.05) is 12.6 Å². The van der Waals surface area contributed by atoms with Gasteiger partial charge < -0.3 is 19.5 Å². The highest BCUT2D eigenvalue weighted by Crippen LogP contribution is 2.28. The summed E-state index contributed by atoms with van der Waals surface area (Å²) in [5, 5.41) is 3.53. The maximum Gasteiger partial charge on any atom is 0.161 e. The Morgan fingerprint density at radius 2 is 1.96 bits per heavy atom. The smallest absolute Gasteiger partial charge is 0.161 e. The summed E-state index contributed by atoms with van der Waals surface area (Å²) in [6, 6.07) is 6.64. The normalized spacial score (nSPS) is 15.4. The quantitative estimate of drug-likeness (QED) is 0.668. The Morgan fingerprint density at radius 3 is 2.70 bits per heavy atom. The lowest BCUT2D eigenvalue weighted by Crippen LogP contribution is -2.29. The van der Waals surface area contributed by atoms with Crippen LogP contribution in [0.4, 0.5) is 0 Å². The third-order valence-corrected chi connectivity index (χ3v) is 4.07. The van der Waals surface area contributed by atoms with E-state index in [0.717, 1.165) is 30.2 Å². The van der Waals surface area contributed by atoms with Crippen molar-refractivity contribution in [3.05, 3.63) is 29.8 Å². The summed E-state index contributed by atoms with van der Waals surface area (Å²) in [6.07, 6.45) is 9.38. The maximum atomic E-state index is 5.75. The Kier molecular flexibility index (Phi) is 7.98. The third kappa shape index (κ3) is 6.24. The van der Waals surface area contributed by atoms with E-state index in [-0.39, 0.29) is 0 Å². The van der Waals surface area contributed by atoms with Crippen LogP contribution in [0.2, 0.25) is 0 Å². The molecule has 0 radical (unpaired) electrons. The van der Waals surface area contributed by atoms with E-state index in [4.69, 9.17) is 14.2 Å². The number of benzene rings is 1. The van der Waals surface area contributed by atoms with E-state index in [1.165, 1.54) is 25.7 Å². The average Bonchev–Trinajstić information content (AvgIpc) is 3.08. The molecule has 2 rings (SSSR count). The fourth-order valence-corrected chi connectivity index (χ4v) is 2.88. The fraction of sp³-hybridized carbons (Fsp3) is 0.579. The van der Waals surface area contributed by atoms with Gasteiger partial charge in [-0.3, -0.25) is 0 Å². The van der Waals surface area contributed by atoms with E-state index in [0.29, 0.717) is 19.3 Å². The zero-order chi connectivity index (χ0) is 16.3. The second kappa shape index (κ2) is 10.3. The molecule has 23 heavy (non-hydrogen) atoms. The van der Waals surface area contributed by atoms with Gasteiger partial charge in [0.05, 0.1) is 20.3 Å². The molecule has 4 nitrogen and oxygen atoms in total. The van der Waals surface area contributed by atoms with Crippen LogP contribution in [0.15, 0.2) is 24.3 Å². The topological polar surface area (TPSA) is 39.7 Å². The molecule has 4 heteroatoms. The van der Waals surface area contributed by atoms with Crippen LogP contribution < -0.4 is 14.8 Å². The van der Waals surface area contributed by atoms with Crippen LogP contribution in [0.1, 0.15) is 38.2 Å². The molecule has 1 aromatic rings. The fourth-order valence-electron chi connectivity index (χ4n) is 2.88. The summed E-state index contributed by atoms with van der Waals surface area (Å²) < 4.78 is 16.7. The highest BCUT2D eigenvalue weighted by molar-refractivity contribution is 5.55. The predicted octanol–water partition coefficient (Wildman–Crippen LogP) is 3.66. The molecule has 1 aliphatic carbocycles. The highest BCUT2D eigenvalue weighted by atomic mass is 16.5. The standard InChI is InChI=1S/C19H29NO3/c1-3-6-16-9-10-18(19(15-16)21-2)23-14-13-22-12-11-20-17-7-4-5-8-17/h3,6,9-10,15,17,20H,4-5,7-8,11-14H2,1-2H3/b6-3+. The van der Waals surface area contributed by atoms with Crippen LogP contribution in [-0.4, -0.2) is 39.5 Å². The number of hydrogen-bond acceptors (Lipinski definition) is 4. The van der Waals surface area contributed by atoms with Crippen LogP contribution in [0.25, 0.3) is 6.08 Å². The van der Waals surface area contributed by atoms with Gasteiger partial charge >= 0.3 is 0 Å². The van der Waals surface area contributed by atoms with Gasteiger partial charge in [0.1, 0.15) is 6.61 Å². The van der Waals surface area contributed by atoms with Crippen molar-refractivity contribution >= 4 is 6.08 Å². The minimum absolute atomic E-state index is 0.531. The molecule has 0 spiro atoms. The lowest BCUT2D eigenvalue weighted by Gasteiger charge is -2.13. The van der Waals surface area contributed by atoms with Gasteiger partial charge in [-0.25, -0.2) is 0 Å². The summed E-state index contributed by atoms with van der Waals surface area (Å²) in [7, 11) is 1.66. The van der Waals surface area contributed by atoms with Crippen molar-refractivity contribution in [1.82, 2.24) is 5.32 Å². The number of rotatable bonds is 10. The van der Waals surface area contributed by atoms with Gasteiger partial charge in [-0.05, 0) is 37.5 Å². The Balaban J connectivity index is 1.61. The number of methoxy groups -OCH3 is 1. The van der Waals surface area contributed by atoms with E-state index in [1.807, 2.05) is 37.3 Å². The first-order valence-corrected chi connectivity index (χ1v) is 8.58. The second-order valence-electron chi connectivity index (χ2n) is 5.81.